The van der Waals surface area contributed by atoms with Crippen molar-refractivity contribution in [1.29, 1.82) is 0 Å². The molecule has 1 heterocycles. The molecule has 2 N–H and O–H groups in total. The highest BCUT2D eigenvalue weighted by Crippen LogP contribution is 2.33. The quantitative estimate of drug-likeness (QED) is 0.579. The Morgan fingerprint density at radius 3 is 2.59 bits per heavy atom. The van der Waals surface area contributed by atoms with Gasteiger partial charge in [0.25, 0.3) is 0 Å². The largest absolute Gasteiger partial charge is 0.481 e. The Morgan fingerprint density at radius 1 is 1.10 bits per heavy atom. The van der Waals surface area contributed by atoms with Crippen LogP contribution in [0.4, 0.5) is 5.69 Å². The van der Waals surface area contributed by atoms with E-state index < -0.39 is 17.8 Å². The van der Waals surface area contributed by atoms with E-state index in [4.69, 9.17) is 0 Å². The van der Waals surface area contributed by atoms with Gasteiger partial charge in [-0.25, -0.2) is 4.98 Å². The molecule has 5 nitrogen and oxygen atoms in total. The number of allylic oxidation sites excluding steroid dienone is 2. The van der Waals surface area contributed by atoms with E-state index in [1.807, 2.05) is 43.3 Å². The average molecular weight is 407 g/mol. The number of aromatic nitrogens is 1. The van der Waals surface area contributed by atoms with Gasteiger partial charge in [-0.05, 0) is 68.7 Å². The SMILES string of the molecule is CC1=CC[C@@H](C(=O)O)[C@H](C(=O)Nc2ccc(-c3nc4ccc(C)cc4s3)cc2)C1. The summed E-state index contributed by atoms with van der Waals surface area (Å²) in [4.78, 5) is 28.9. The maximum Gasteiger partial charge on any atom is 0.307 e. The number of aliphatic carboxylic acids is 1. The molecular weight excluding hydrogens is 384 g/mol. The molecule has 0 aliphatic heterocycles. The summed E-state index contributed by atoms with van der Waals surface area (Å²) >= 11 is 1.64. The summed E-state index contributed by atoms with van der Waals surface area (Å²) in [7, 11) is 0. The third kappa shape index (κ3) is 4.07. The zero-order chi connectivity index (χ0) is 20.5. The lowest BCUT2D eigenvalue weighted by Crippen LogP contribution is -2.35. The zero-order valence-electron chi connectivity index (χ0n) is 16.3. The molecule has 148 valence electrons. The number of benzene rings is 2. The summed E-state index contributed by atoms with van der Waals surface area (Å²) in [6.45, 7) is 4.00. The van der Waals surface area contributed by atoms with Gasteiger partial charge in [0.1, 0.15) is 5.01 Å². The van der Waals surface area contributed by atoms with Crippen LogP contribution in [-0.4, -0.2) is 22.0 Å². The van der Waals surface area contributed by atoms with Gasteiger partial charge in [-0.3, -0.25) is 9.59 Å². The van der Waals surface area contributed by atoms with Gasteiger partial charge in [0, 0.05) is 11.3 Å². The van der Waals surface area contributed by atoms with Crippen molar-refractivity contribution in [3.05, 3.63) is 59.7 Å². The number of amides is 1. The highest BCUT2D eigenvalue weighted by atomic mass is 32.1. The molecule has 1 aromatic heterocycles. The van der Waals surface area contributed by atoms with Crippen molar-refractivity contribution in [2.75, 3.05) is 5.32 Å². The lowest BCUT2D eigenvalue weighted by atomic mass is 9.79. The van der Waals surface area contributed by atoms with Crippen LogP contribution in [0.3, 0.4) is 0 Å². The maximum atomic E-state index is 12.7. The molecule has 2 atom stereocenters. The average Bonchev–Trinajstić information content (AvgIpc) is 3.11. The Balaban J connectivity index is 1.50. The minimum atomic E-state index is -0.921. The first-order valence-corrected chi connectivity index (χ1v) is 10.4. The van der Waals surface area contributed by atoms with Crippen molar-refractivity contribution < 1.29 is 14.7 Å². The Labute approximate surface area is 173 Å². The number of thiazole rings is 1. The Kier molecular flexibility index (Phi) is 5.20. The number of fused-ring (bicyclic) bond motifs is 1. The summed E-state index contributed by atoms with van der Waals surface area (Å²) in [5.74, 6) is -2.39. The van der Waals surface area contributed by atoms with E-state index in [0.717, 1.165) is 26.4 Å². The van der Waals surface area contributed by atoms with E-state index in [9.17, 15) is 14.7 Å². The number of nitrogens with one attached hydrogen (secondary N) is 1. The first-order chi connectivity index (χ1) is 13.9. The summed E-state index contributed by atoms with van der Waals surface area (Å²) < 4.78 is 1.15. The third-order valence-corrected chi connectivity index (χ3v) is 6.41. The highest BCUT2D eigenvalue weighted by Gasteiger charge is 2.35. The van der Waals surface area contributed by atoms with Crippen LogP contribution in [0, 0.1) is 18.8 Å². The fourth-order valence-corrected chi connectivity index (χ4v) is 4.77. The number of hydrogen-bond donors (Lipinski definition) is 2. The Morgan fingerprint density at radius 2 is 1.86 bits per heavy atom. The topological polar surface area (TPSA) is 79.3 Å². The minimum Gasteiger partial charge on any atom is -0.481 e. The minimum absolute atomic E-state index is 0.243. The molecule has 6 heteroatoms. The first kappa shape index (κ1) is 19.3. The highest BCUT2D eigenvalue weighted by molar-refractivity contribution is 7.21. The fourth-order valence-electron chi connectivity index (χ4n) is 3.70. The molecular formula is C23H22N2O3S. The van der Waals surface area contributed by atoms with E-state index in [-0.39, 0.29) is 5.91 Å². The van der Waals surface area contributed by atoms with Crippen LogP contribution in [0.2, 0.25) is 0 Å². The third-order valence-electron chi connectivity index (χ3n) is 5.35. The molecule has 3 aromatic rings. The lowest BCUT2D eigenvalue weighted by molar-refractivity contribution is -0.146. The number of carboxylic acids is 1. The van der Waals surface area contributed by atoms with Gasteiger partial charge in [0.05, 0.1) is 22.1 Å². The second-order valence-electron chi connectivity index (χ2n) is 7.60. The molecule has 0 saturated heterocycles. The van der Waals surface area contributed by atoms with E-state index in [1.54, 1.807) is 11.3 Å². The van der Waals surface area contributed by atoms with Crippen LogP contribution in [0.5, 0.6) is 0 Å². The molecule has 0 bridgehead atoms. The van der Waals surface area contributed by atoms with E-state index >= 15 is 0 Å². The molecule has 2 aromatic carbocycles. The van der Waals surface area contributed by atoms with Crippen LogP contribution < -0.4 is 5.32 Å². The molecule has 0 radical (unpaired) electrons. The number of carbonyl (C=O) groups excluding carboxylic acids is 1. The van der Waals surface area contributed by atoms with Gasteiger partial charge in [-0.15, -0.1) is 11.3 Å². The second kappa shape index (κ2) is 7.79. The van der Waals surface area contributed by atoms with Crippen LogP contribution in [0.15, 0.2) is 54.1 Å². The van der Waals surface area contributed by atoms with Crippen LogP contribution in [0.25, 0.3) is 20.8 Å². The van der Waals surface area contributed by atoms with Crippen molar-refractivity contribution in [1.82, 2.24) is 4.98 Å². The molecule has 1 aliphatic rings. The molecule has 4 rings (SSSR count). The first-order valence-electron chi connectivity index (χ1n) is 9.57. The lowest BCUT2D eigenvalue weighted by Gasteiger charge is -2.26. The van der Waals surface area contributed by atoms with Gasteiger partial charge in [0.15, 0.2) is 0 Å². The molecule has 0 spiro atoms. The van der Waals surface area contributed by atoms with Crippen molar-refractivity contribution in [3.8, 4) is 10.6 Å². The predicted octanol–water partition coefficient (Wildman–Crippen LogP) is 5.27. The van der Waals surface area contributed by atoms with E-state index in [0.29, 0.717) is 18.5 Å². The molecule has 0 saturated carbocycles. The smallest absolute Gasteiger partial charge is 0.307 e. The van der Waals surface area contributed by atoms with Crippen LogP contribution in [0.1, 0.15) is 25.3 Å². The number of nitrogens with zero attached hydrogens (tertiary/aromatic N) is 1. The normalized spacial score (nSPS) is 19.0. The van der Waals surface area contributed by atoms with Gasteiger partial charge in [-0.2, -0.15) is 0 Å². The number of rotatable bonds is 4. The van der Waals surface area contributed by atoms with Crippen molar-refractivity contribution in [2.45, 2.75) is 26.7 Å². The fraction of sp³-hybridized carbons (Fsp3) is 0.261. The van der Waals surface area contributed by atoms with Gasteiger partial charge >= 0.3 is 5.97 Å². The standard InChI is InChI=1S/C23H22N2O3S/c1-13-3-9-17(23(27)28)18(11-13)21(26)24-16-7-5-15(6-8-16)22-25-19-10-4-14(2)12-20(19)29-22/h3-8,10,12,17-18H,9,11H2,1-2H3,(H,24,26)(H,27,28)/t17-,18-/m1/s1. The van der Waals surface area contributed by atoms with Crippen molar-refractivity contribution in [2.24, 2.45) is 11.8 Å². The number of carbonyl (C=O) groups is 2. The predicted molar refractivity (Wildman–Crippen MR) is 116 cm³/mol. The number of aryl methyl sites for hydroxylation is 1. The molecule has 0 unspecified atom stereocenters. The van der Waals surface area contributed by atoms with Crippen molar-refractivity contribution >= 4 is 39.1 Å². The number of carboxylic acid groups (broad SMARTS) is 1. The summed E-state index contributed by atoms with van der Waals surface area (Å²) in [5, 5.41) is 13.3. The molecule has 0 fully saturated rings. The zero-order valence-corrected chi connectivity index (χ0v) is 17.1. The monoisotopic (exact) mass is 406 g/mol. The number of hydrogen-bond acceptors (Lipinski definition) is 4. The molecule has 29 heavy (non-hydrogen) atoms. The summed E-state index contributed by atoms with van der Waals surface area (Å²) in [5.41, 5.74) is 4.89. The van der Waals surface area contributed by atoms with Crippen molar-refractivity contribution in [3.63, 3.8) is 0 Å². The second-order valence-corrected chi connectivity index (χ2v) is 8.63. The van der Waals surface area contributed by atoms with Crippen LogP contribution in [-0.2, 0) is 9.59 Å². The van der Waals surface area contributed by atoms with Gasteiger partial charge in [-0.1, -0.05) is 17.7 Å². The van der Waals surface area contributed by atoms with E-state index in [2.05, 4.69) is 29.4 Å². The molecule has 1 aliphatic carbocycles. The summed E-state index contributed by atoms with van der Waals surface area (Å²) in [6, 6.07) is 13.7. The number of anilines is 1. The van der Waals surface area contributed by atoms with Crippen LogP contribution >= 0.6 is 11.3 Å². The Hall–Kier alpha value is -2.99. The maximum absolute atomic E-state index is 12.7. The van der Waals surface area contributed by atoms with Gasteiger partial charge in [0.2, 0.25) is 5.91 Å². The summed E-state index contributed by atoms with van der Waals surface area (Å²) in [6.07, 6.45) is 2.79. The molecule has 1 amide bonds. The van der Waals surface area contributed by atoms with E-state index in [1.165, 1.54) is 5.56 Å². The Bertz CT molecular complexity index is 1110. The van der Waals surface area contributed by atoms with Gasteiger partial charge < -0.3 is 10.4 Å².